The third-order valence-electron chi connectivity index (χ3n) is 6.60. The Morgan fingerprint density at radius 2 is 1.83 bits per heavy atom. The Kier molecular flexibility index (Phi) is 2.55. The molecule has 7 nitrogen and oxygen atoms in total. The maximum Gasteiger partial charge on any atom is 0.316 e. The summed E-state index contributed by atoms with van der Waals surface area (Å²) in [6, 6.07) is 4.34. The number of carboxylic acids is 1. The number of hydrogen-bond acceptors (Lipinski definition) is 5. The molecule has 0 radical (unpaired) electrons. The van der Waals surface area contributed by atoms with Gasteiger partial charge in [0.2, 0.25) is 0 Å². The van der Waals surface area contributed by atoms with Crippen LogP contribution < -0.4 is 0 Å². The molecule has 7 heteroatoms. The van der Waals surface area contributed by atoms with Crippen LogP contribution in [0.4, 0.5) is 5.69 Å². The number of benzene rings is 1. The molecule has 0 saturated heterocycles. The number of nitro benzene ring substituents is 1. The molecule has 2 bridgehead atoms. The van der Waals surface area contributed by atoms with Crippen LogP contribution in [-0.4, -0.2) is 26.0 Å². The van der Waals surface area contributed by atoms with Gasteiger partial charge in [-0.25, -0.2) is 9.97 Å². The van der Waals surface area contributed by atoms with Crippen LogP contribution in [0, 0.1) is 15.5 Å². The lowest BCUT2D eigenvalue weighted by Gasteiger charge is -2.37. The normalized spacial score (nSPS) is 29.6. The van der Waals surface area contributed by atoms with E-state index in [1.807, 2.05) is 13.8 Å². The van der Waals surface area contributed by atoms with Crippen molar-refractivity contribution in [2.75, 3.05) is 0 Å². The molecular weight excluding hydrogens is 310 g/mol. The number of aromatic nitrogens is 2. The van der Waals surface area contributed by atoms with Gasteiger partial charge < -0.3 is 5.11 Å². The minimum Gasteiger partial charge on any atom is -0.481 e. The number of hydrogen-bond donors (Lipinski definition) is 1. The monoisotopic (exact) mass is 327 g/mol. The van der Waals surface area contributed by atoms with Gasteiger partial charge in [0.05, 0.1) is 27.3 Å². The van der Waals surface area contributed by atoms with Crippen LogP contribution in [-0.2, 0) is 15.6 Å². The van der Waals surface area contributed by atoms with Crippen molar-refractivity contribution in [3.63, 3.8) is 0 Å². The second kappa shape index (κ2) is 4.09. The fraction of sp³-hybridized carbons (Fsp3) is 0.471. The first-order chi connectivity index (χ1) is 11.1. The number of carboxylic acid groups (broad SMARTS) is 1. The summed E-state index contributed by atoms with van der Waals surface area (Å²) in [5.41, 5.74) is 0.0587. The second-order valence-electron chi connectivity index (χ2n) is 7.52. The maximum absolute atomic E-state index is 12.2. The average Bonchev–Trinajstić information content (AvgIpc) is 2.81. The minimum absolute atomic E-state index is 0.0743. The molecule has 2 aliphatic rings. The molecule has 0 unspecified atom stereocenters. The molecular formula is C17H17N3O4. The zero-order chi connectivity index (χ0) is 17.5. The number of non-ortho nitro benzene ring substituents is 1. The largest absolute Gasteiger partial charge is 0.481 e. The van der Waals surface area contributed by atoms with Crippen molar-refractivity contribution in [1.82, 2.24) is 9.97 Å². The number of rotatable bonds is 2. The number of nitro groups is 1. The molecule has 1 heterocycles. The summed E-state index contributed by atoms with van der Waals surface area (Å²) < 4.78 is 0. The quantitative estimate of drug-likeness (QED) is 0.671. The predicted molar refractivity (Wildman–Crippen MR) is 85.9 cm³/mol. The Labute approximate surface area is 137 Å². The van der Waals surface area contributed by atoms with Crippen LogP contribution in [0.3, 0.4) is 0 Å². The van der Waals surface area contributed by atoms with Crippen molar-refractivity contribution >= 4 is 22.7 Å². The Morgan fingerprint density at radius 1 is 1.17 bits per heavy atom. The predicted octanol–water partition coefficient (Wildman–Crippen LogP) is 2.95. The molecule has 1 aromatic heterocycles. The van der Waals surface area contributed by atoms with Gasteiger partial charge in [0, 0.05) is 17.5 Å². The van der Waals surface area contributed by atoms with Gasteiger partial charge in [0.1, 0.15) is 5.41 Å². The molecule has 0 spiro atoms. The highest BCUT2D eigenvalue weighted by atomic mass is 16.6. The lowest BCUT2D eigenvalue weighted by molar-refractivity contribution is -0.384. The summed E-state index contributed by atoms with van der Waals surface area (Å²) in [6.45, 7) is 5.98. The lowest BCUT2D eigenvalue weighted by Crippen LogP contribution is -2.45. The van der Waals surface area contributed by atoms with Gasteiger partial charge in [0.25, 0.3) is 5.69 Å². The van der Waals surface area contributed by atoms with Gasteiger partial charge in [-0.2, -0.15) is 0 Å². The van der Waals surface area contributed by atoms with E-state index in [4.69, 9.17) is 0 Å². The molecule has 1 saturated carbocycles. The Bertz CT molecular complexity index is 939. The van der Waals surface area contributed by atoms with Gasteiger partial charge in [-0.05, 0) is 24.3 Å². The number of fused-ring (bicyclic) bond motifs is 6. The number of aliphatic carboxylic acids is 1. The summed E-state index contributed by atoms with van der Waals surface area (Å²) in [5, 5.41) is 21.0. The van der Waals surface area contributed by atoms with Crippen LogP contribution in [0.15, 0.2) is 18.2 Å². The van der Waals surface area contributed by atoms with Gasteiger partial charge in [-0.3, -0.25) is 14.9 Å². The summed E-state index contributed by atoms with van der Waals surface area (Å²) >= 11 is 0. The smallest absolute Gasteiger partial charge is 0.316 e. The van der Waals surface area contributed by atoms with Crippen LogP contribution in [0.5, 0.6) is 0 Å². The molecule has 1 fully saturated rings. The van der Waals surface area contributed by atoms with Gasteiger partial charge in [-0.15, -0.1) is 0 Å². The highest BCUT2D eigenvalue weighted by molar-refractivity contribution is 5.88. The molecule has 4 rings (SSSR count). The molecule has 2 aliphatic carbocycles. The molecule has 24 heavy (non-hydrogen) atoms. The van der Waals surface area contributed by atoms with Crippen LogP contribution in [0.2, 0.25) is 0 Å². The van der Waals surface area contributed by atoms with Crippen molar-refractivity contribution in [3.05, 3.63) is 39.7 Å². The van der Waals surface area contributed by atoms with Gasteiger partial charge >= 0.3 is 5.97 Å². The lowest BCUT2D eigenvalue weighted by atomic mass is 9.64. The Balaban J connectivity index is 2.08. The fourth-order valence-corrected chi connectivity index (χ4v) is 4.68. The van der Waals surface area contributed by atoms with E-state index in [0.29, 0.717) is 23.1 Å². The molecule has 1 N–H and O–H groups in total. The topological polar surface area (TPSA) is 106 Å². The van der Waals surface area contributed by atoms with Crippen molar-refractivity contribution in [1.29, 1.82) is 0 Å². The standard InChI is InChI=1S/C17H17N3O4/c1-15(2)16(3)6-7-17(15,14(21)22)13-12(16)18-10-5-4-9(20(23)24)8-11(10)19-13/h4-5,8H,6-7H2,1-3H3,(H,21,22)/t16-,17-/m1/s1. The van der Waals surface area contributed by atoms with E-state index in [1.165, 1.54) is 12.1 Å². The zero-order valence-corrected chi connectivity index (χ0v) is 13.7. The van der Waals surface area contributed by atoms with E-state index in [2.05, 4.69) is 16.9 Å². The third kappa shape index (κ3) is 1.37. The van der Waals surface area contributed by atoms with Crippen LogP contribution >= 0.6 is 0 Å². The minimum atomic E-state index is -1.09. The first-order valence-electron chi connectivity index (χ1n) is 7.86. The van der Waals surface area contributed by atoms with E-state index < -0.39 is 21.7 Å². The first kappa shape index (κ1) is 15.0. The van der Waals surface area contributed by atoms with Crippen LogP contribution in [0.25, 0.3) is 11.0 Å². The third-order valence-corrected chi connectivity index (χ3v) is 6.60. The Hall–Kier alpha value is -2.57. The van der Waals surface area contributed by atoms with E-state index in [9.17, 15) is 20.0 Å². The van der Waals surface area contributed by atoms with E-state index in [1.54, 1.807) is 6.07 Å². The molecule has 2 atom stereocenters. The molecule has 0 amide bonds. The first-order valence-corrected chi connectivity index (χ1v) is 7.86. The average molecular weight is 327 g/mol. The summed E-state index contributed by atoms with van der Waals surface area (Å²) in [5.74, 6) is -0.894. The van der Waals surface area contributed by atoms with Crippen molar-refractivity contribution in [3.8, 4) is 0 Å². The molecule has 2 aromatic rings. The van der Waals surface area contributed by atoms with E-state index in [0.717, 1.165) is 12.1 Å². The van der Waals surface area contributed by atoms with Crippen molar-refractivity contribution in [2.45, 2.75) is 44.4 Å². The van der Waals surface area contributed by atoms with Gasteiger partial charge in [0.15, 0.2) is 0 Å². The second-order valence-corrected chi connectivity index (χ2v) is 7.52. The number of carbonyl (C=O) groups is 1. The molecule has 0 aliphatic heterocycles. The van der Waals surface area contributed by atoms with Crippen molar-refractivity contribution in [2.24, 2.45) is 5.41 Å². The summed E-state index contributed by atoms with van der Waals surface area (Å²) in [4.78, 5) is 32.0. The SMILES string of the molecule is CC1(C)[C@]2(C(=O)O)CC[C@]1(C)c1nc3ccc([N+](=O)[O-])cc3nc12. The number of nitrogens with zero attached hydrogens (tertiary/aromatic N) is 3. The zero-order valence-electron chi connectivity index (χ0n) is 13.7. The maximum atomic E-state index is 12.2. The van der Waals surface area contributed by atoms with Crippen LogP contribution in [0.1, 0.15) is 45.0 Å². The van der Waals surface area contributed by atoms with Gasteiger partial charge in [-0.1, -0.05) is 20.8 Å². The molecule has 124 valence electrons. The van der Waals surface area contributed by atoms with Crippen molar-refractivity contribution < 1.29 is 14.8 Å². The van der Waals surface area contributed by atoms with E-state index >= 15 is 0 Å². The fourth-order valence-electron chi connectivity index (χ4n) is 4.68. The highest BCUT2D eigenvalue weighted by Gasteiger charge is 2.73. The highest BCUT2D eigenvalue weighted by Crippen LogP contribution is 2.70. The van der Waals surface area contributed by atoms with E-state index in [-0.39, 0.29) is 11.1 Å². The summed E-state index contributed by atoms with van der Waals surface area (Å²) in [6.07, 6.45) is 1.25. The summed E-state index contributed by atoms with van der Waals surface area (Å²) in [7, 11) is 0. The Morgan fingerprint density at radius 3 is 2.46 bits per heavy atom. The molecule has 1 aromatic carbocycles.